The minimum Gasteiger partial charge on any atom is -0.336 e. The molecule has 0 saturated heterocycles. The van der Waals surface area contributed by atoms with E-state index in [0.717, 1.165) is 33.0 Å². The number of hydrogen-bond donors (Lipinski definition) is 1. The first-order valence-corrected chi connectivity index (χ1v) is 7.11. The first-order chi connectivity index (χ1) is 8.88. The maximum absolute atomic E-state index is 4.59. The number of fused-ring (bicyclic) bond motifs is 3. The molecule has 0 fully saturated rings. The van der Waals surface area contributed by atoms with Crippen LogP contribution in [0.1, 0.15) is 19.8 Å². The number of rotatable bonds is 4. The summed E-state index contributed by atoms with van der Waals surface area (Å²) >= 11 is 1.67. The third-order valence-corrected chi connectivity index (χ3v) is 3.76. The molecule has 0 unspecified atom stereocenters. The van der Waals surface area contributed by atoms with Crippen molar-refractivity contribution in [2.75, 3.05) is 5.75 Å². The highest BCUT2D eigenvalue weighted by Crippen LogP contribution is 2.23. The lowest BCUT2D eigenvalue weighted by atomic mass is 10.2. The molecule has 3 rings (SSSR count). The van der Waals surface area contributed by atoms with Crippen LogP contribution in [0.5, 0.6) is 0 Å². The average molecular weight is 258 g/mol. The fourth-order valence-corrected chi connectivity index (χ4v) is 2.75. The van der Waals surface area contributed by atoms with Crippen LogP contribution in [0.4, 0.5) is 0 Å². The Morgan fingerprint density at radius 1 is 1.22 bits per heavy atom. The monoisotopic (exact) mass is 258 g/mol. The number of para-hydroxylation sites is 1. The van der Waals surface area contributed by atoms with E-state index in [1.165, 1.54) is 12.8 Å². The topological polar surface area (TPSA) is 54.5 Å². The molecule has 0 radical (unpaired) electrons. The van der Waals surface area contributed by atoms with Crippen LogP contribution in [0.15, 0.2) is 29.4 Å². The van der Waals surface area contributed by atoms with E-state index in [9.17, 15) is 0 Å². The second kappa shape index (κ2) is 4.94. The van der Waals surface area contributed by atoms with Gasteiger partial charge in [-0.3, -0.25) is 0 Å². The van der Waals surface area contributed by atoms with Gasteiger partial charge in [-0.05, 0) is 12.5 Å². The fraction of sp³-hybridized carbons (Fsp3) is 0.308. The molecule has 3 aromatic rings. The number of H-pyrrole nitrogens is 1. The van der Waals surface area contributed by atoms with Crippen molar-refractivity contribution in [2.24, 2.45) is 0 Å². The van der Waals surface area contributed by atoms with Crippen molar-refractivity contribution in [1.82, 2.24) is 20.2 Å². The van der Waals surface area contributed by atoms with Crippen molar-refractivity contribution < 1.29 is 0 Å². The molecule has 0 spiro atoms. The van der Waals surface area contributed by atoms with E-state index in [4.69, 9.17) is 0 Å². The Balaban J connectivity index is 2.02. The zero-order valence-electron chi connectivity index (χ0n) is 10.2. The van der Waals surface area contributed by atoms with Crippen molar-refractivity contribution in [3.05, 3.63) is 24.3 Å². The van der Waals surface area contributed by atoms with Gasteiger partial charge in [-0.1, -0.05) is 43.3 Å². The van der Waals surface area contributed by atoms with Crippen molar-refractivity contribution in [3.63, 3.8) is 0 Å². The molecular formula is C13H14N4S. The van der Waals surface area contributed by atoms with Crippen LogP contribution >= 0.6 is 11.8 Å². The van der Waals surface area contributed by atoms with Crippen LogP contribution in [0.25, 0.3) is 22.1 Å². The van der Waals surface area contributed by atoms with Gasteiger partial charge in [0.2, 0.25) is 5.16 Å². The van der Waals surface area contributed by atoms with E-state index >= 15 is 0 Å². The van der Waals surface area contributed by atoms with E-state index in [1.54, 1.807) is 11.8 Å². The number of aromatic nitrogens is 4. The number of unbranched alkanes of at least 4 members (excludes halogenated alkanes) is 1. The second-order valence-electron chi connectivity index (χ2n) is 4.16. The summed E-state index contributed by atoms with van der Waals surface area (Å²) in [5.74, 6) is 1.05. The molecule has 92 valence electrons. The molecule has 0 atom stereocenters. The summed E-state index contributed by atoms with van der Waals surface area (Å²) in [6, 6.07) is 8.11. The van der Waals surface area contributed by atoms with Crippen LogP contribution in [0.3, 0.4) is 0 Å². The van der Waals surface area contributed by atoms with Gasteiger partial charge in [-0.25, -0.2) is 4.98 Å². The molecule has 0 aliphatic carbocycles. The molecule has 0 saturated carbocycles. The lowest BCUT2D eigenvalue weighted by Gasteiger charge is -1.97. The van der Waals surface area contributed by atoms with Gasteiger partial charge >= 0.3 is 0 Å². The van der Waals surface area contributed by atoms with E-state index in [0.29, 0.717) is 0 Å². The van der Waals surface area contributed by atoms with Crippen LogP contribution in [0, 0.1) is 0 Å². The minimum absolute atomic E-state index is 0.760. The highest BCUT2D eigenvalue weighted by molar-refractivity contribution is 7.99. The minimum atomic E-state index is 0.760. The molecule has 1 N–H and O–H groups in total. The molecule has 2 aromatic heterocycles. The smallest absolute Gasteiger partial charge is 0.209 e. The summed E-state index contributed by atoms with van der Waals surface area (Å²) in [5.41, 5.74) is 2.74. The quantitative estimate of drug-likeness (QED) is 0.575. The normalized spacial score (nSPS) is 11.4. The number of benzene rings is 1. The molecule has 1 aromatic carbocycles. The molecule has 0 aliphatic rings. The molecule has 18 heavy (non-hydrogen) atoms. The fourth-order valence-electron chi connectivity index (χ4n) is 1.88. The zero-order valence-corrected chi connectivity index (χ0v) is 11.0. The number of thioether (sulfide) groups is 1. The van der Waals surface area contributed by atoms with Gasteiger partial charge in [-0.2, -0.15) is 0 Å². The summed E-state index contributed by atoms with van der Waals surface area (Å²) in [5, 5.41) is 10.2. The van der Waals surface area contributed by atoms with Gasteiger partial charge in [0.05, 0.1) is 0 Å². The number of nitrogens with one attached hydrogen (secondary N) is 1. The van der Waals surface area contributed by atoms with Crippen LogP contribution in [0.2, 0.25) is 0 Å². The summed E-state index contributed by atoms with van der Waals surface area (Å²) in [6.07, 6.45) is 2.37. The lowest BCUT2D eigenvalue weighted by Crippen LogP contribution is -1.92. The Labute approximate surface area is 109 Å². The molecule has 0 aliphatic heterocycles. The van der Waals surface area contributed by atoms with E-state index in [-0.39, 0.29) is 0 Å². The summed E-state index contributed by atoms with van der Waals surface area (Å²) in [7, 11) is 0. The van der Waals surface area contributed by atoms with Crippen LogP contribution < -0.4 is 0 Å². The van der Waals surface area contributed by atoms with Crippen molar-refractivity contribution in [1.29, 1.82) is 0 Å². The van der Waals surface area contributed by atoms with Crippen LogP contribution in [-0.4, -0.2) is 25.9 Å². The summed E-state index contributed by atoms with van der Waals surface area (Å²) in [4.78, 5) is 7.82. The molecule has 2 heterocycles. The predicted molar refractivity (Wildman–Crippen MR) is 74.8 cm³/mol. The first kappa shape index (κ1) is 11.5. The Bertz CT molecular complexity index is 677. The Morgan fingerprint density at radius 2 is 2.11 bits per heavy atom. The number of hydrogen-bond acceptors (Lipinski definition) is 4. The summed E-state index contributed by atoms with van der Waals surface area (Å²) in [6.45, 7) is 2.18. The van der Waals surface area contributed by atoms with Gasteiger partial charge < -0.3 is 4.98 Å². The standard InChI is InChI=1S/C13H14N4S/c1-2-3-8-18-13-15-11-9-6-4-5-7-10(9)14-12(11)16-17-13/h4-7H,2-3,8H2,1H3,(H,14,16). The number of aromatic amines is 1. The van der Waals surface area contributed by atoms with E-state index in [2.05, 4.69) is 33.2 Å². The van der Waals surface area contributed by atoms with Crippen molar-refractivity contribution >= 4 is 33.8 Å². The van der Waals surface area contributed by atoms with Gasteiger partial charge in [-0.15, -0.1) is 10.2 Å². The third-order valence-electron chi connectivity index (χ3n) is 2.83. The SMILES string of the molecule is CCCCSc1nnc2[nH]c3ccccc3c2n1. The Morgan fingerprint density at radius 3 is 3.00 bits per heavy atom. The lowest BCUT2D eigenvalue weighted by molar-refractivity contribution is 0.861. The van der Waals surface area contributed by atoms with Gasteiger partial charge in [0, 0.05) is 16.7 Å². The zero-order chi connectivity index (χ0) is 12.4. The molecule has 4 nitrogen and oxygen atoms in total. The highest BCUT2D eigenvalue weighted by Gasteiger charge is 2.08. The van der Waals surface area contributed by atoms with Crippen molar-refractivity contribution in [3.8, 4) is 0 Å². The van der Waals surface area contributed by atoms with E-state index in [1.807, 2.05) is 18.2 Å². The predicted octanol–water partition coefficient (Wildman–Crippen LogP) is 3.40. The molecule has 0 bridgehead atoms. The number of nitrogens with zero attached hydrogens (tertiary/aromatic N) is 3. The average Bonchev–Trinajstić information content (AvgIpc) is 2.77. The van der Waals surface area contributed by atoms with Crippen molar-refractivity contribution in [2.45, 2.75) is 24.9 Å². The third kappa shape index (κ3) is 2.06. The summed E-state index contributed by atoms with van der Waals surface area (Å²) < 4.78 is 0. The second-order valence-corrected chi connectivity index (χ2v) is 5.23. The van der Waals surface area contributed by atoms with E-state index < -0.39 is 0 Å². The first-order valence-electron chi connectivity index (χ1n) is 6.12. The molecule has 5 heteroatoms. The molecule has 0 amide bonds. The Kier molecular flexibility index (Phi) is 3.15. The molecular weight excluding hydrogens is 244 g/mol. The maximum Gasteiger partial charge on any atom is 0.209 e. The van der Waals surface area contributed by atoms with Gasteiger partial charge in [0.1, 0.15) is 5.52 Å². The van der Waals surface area contributed by atoms with Gasteiger partial charge in [0.15, 0.2) is 5.65 Å². The highest BCUT2D eigenvalue weighted by atomic mass is 32.2. The maximum atomic E-state index is 4.59. The Hall–Kier alpha value is -1.62. The largest absolute Gasteiger partial charge is 0.336 e. The van der Waals surface area contributed by atoms with Crippen LogP contribution in [-0.2, 0) is 0 Å². The van der Waals surface area contributed by atoms with Gasteiger partial charge in [0.25, 0.3) is 0 Å².